The molecule has 2 N–H and O–H groups in total. The van der Waals surface area contributed by atoms with Crippen molar-refractivity contribution in [3.05, 3.63) is 53.1 Å². The van der Waals surface area contributed by atoms with Crippen LogP contribution in [0.3, 0.4) is 0 Å². The minimum atomic E-state index is -0.343. The highest BCUT2D eigenvalue weighted by molar-refractivity contribution is 5.96. The van der Waals surface area contributed by atoms with E-state index in [0.29, 0.717) is 19.6 Å². The number of hydrogen-bond donors (Lipinski definition) is 2. The molecule has 1 amide bonds. The second-order valence-corrected chi connectivity index (χ2v) is 5.73. The summed E-state index contributed by atoms with van der Waals surface area (Å²) in [6, 6.07) is 10.2. The summed E-state index contributed by atoms with van der Waals surface area (Å²) in [6.07, 6.45) is 4.31. The second-order valence-electron chi connectivity index (χ2n) is 5.73. The Labute approximate surface area is 140 Å². The Kier molecular flexibility index (Phi) is 4.91. The van der Waals surface area contributed by atoms with Crippen LogP contribution in [0.4, 0.5) is 0 Å². The van der Waals surface area contributed by atoms with Crippen LogP contribution in [0.15, 0.2) is 36.4 Å². The first-order valence-electron chi connectivity index (χ1n) is 7.97. The summed E-state index contributed by atoms with van der Waals surface area (Å²) in [7, 11) is 1.75. The van der Waals surface area contributed by atoms with Crippen molar-refractivity contribution in [1.29, 1.82) is 0 Å². The van der Waals surface area contributed by atoms with Gasteiger partial charge in [0.15, 0.2) is 0 Å². The minimum Gasteiger partial charge on any atom is -0.455 e. The number of ether oxygens (including phenoxy) is 1. The first-order chi connectivity index (χ1) is 11.7. The van der Waals surface area contributed by atoms with Gasteiger partial charge >= 0.3 is 0 Å². The van der Waals surface area contributed by atoms with Crippen LogP contribution in [0, 0.1) is 0 Å². The van der Waals surface area contributed by atoms with Crippen molar-refractivity contribution in [2.24, 2.45) is 0 Å². The molecule has 0 heterocycles. The second kappa shape index (κ2) is 7.27. The molecule has 0 spiro atoms. The zero-order chi connectivity index (χ0) is 16.9. The first kappa shape index (κ1) is 16.2. The van der Waals surface area contributed by atoms with Gasteiger partial charge in [0.1, 0.15) is 6.10 Å². The van der Waals surface area contributed by atoms with Gasteiger partial charge in [-0.2, -0.15) is 0 Å². The molecule has 1 unspecified atom stereocenters. The van der Waals surface area contributed by atoms with Gasteiger partial charge in [0, 0.05) is 12.1 Å². The smallest absolute Gasteiger partial charge is 0.294 e. The summed E-state index contributed by atoms with van der Waals surface area (Å²) >= 11 is 0. The highest BCUT2D eigenvalue weighted by atomic mass is 16.5. The van der Waals surface area contributed by atoms with Crippen LogP contribution in [0.2, 0.25) is 0 Å². The molecular weight excluding hydrogens is 304 g/mol. The Bertz CT molecular complexity index is 799. The van der Waals surface area contributed by atoms with Gasteiger partial charge in [-0.3, -0.25) is 9.59 Å². The van der Waals surface area contributed by atoms with Crippen LogP contribution >= 0.6 is 0 Å². The molecule has 0 saturated carbocycles. The number of amides is 1. The van der Waals surface area contributed by atoms with Gasteiger partial charge in [-0.05, 0) is 41.4 Å². The molecular formula is C19H20N2O3. The van der Waals surface area contributed by atoms with E-state index in [1.165, 1.54) is 5.56 Å². The summed E-state index contributed by atoms with van der Waals surface area (Å²) in [6.45, 7) is 1.39. The van der Waals surface area contributed by atoms with Crippen LogP contribution in [-0.2, 0) is 20.7 Å². The maximum Gasteiger partial charge on any atom is 0.294 e. The molecule has 1 aliphatic rings. The zero-order valence-electron chi connectivity index (χ0n) is 13.5. The Morgan fingerprint density at radius 1 is 1.29 bits per heavy atom. The summed E-state index contributed by atoms with van der Waals surface area (Å²) < 4.78 is 5.18. The highest BCUT2D eigenvalue weighted by Gasteiger charge is 2.20. The molecule has 5 nitrogen and oxygen atoms in total. The van der Waals surface area contributed by atoms with Crippen LogP contribution in [0.25, 0.3) is 16.8 Å². The number of hydrogen-bond acceptors (Lipinski definition) is 4. The zero-order valence-corrected chi connectivity index (χ0v) is 13.5. The van der Waals surface area contributed by atoms with Gasteiger partial charge in [0.2, 0.25) is 5.91 Å². The number of carbonyl (C=O) groups excluding carboxylic acids is 2. The molecule has 124 valence electrons. The lowest BCUT2D eigenvalue weighted by molar-refractivity contribution is -0.131. The van der Waals surface area contributed by atoms with Gasteiger partial charge < -0.3 is 15.4 Å². The third kappa shape index (κ3) is 3.16. The Hall–Kier alpha value is -2.66. The molecule has 3 rings (SSSR count). The minimum absolute atomic E-state index is 0.0115. The summed E-state index contributed by atoms with van der Waals surface area (Å²) in [5.41, 5.74) is 3.30. The third-order valence-corrected chi connectivity index (χ3v) is 4.21. The largest absolute Gasteiger partial charge is 0.455 e. The first-order valence-corrected chi connectivity index (χ1v) is 7.97. The van der Waals surface area contributed by atoms with E-state index in [1.807, 2.05) is 24.3 Å². The Morgan fingerprint density at radius 2 is 2.17 bits per heavy atom. The standard InChI is InChI=1S/C19H20N2O3/c1-20-11-18(23)21-10-9-13-5-6-14-3-2-4-16-17(24-12-22)8-7-15(13)19(14)16/h2-8,12,17,20H,9-11H2,1H3,(H,21,23). The van der Waals surface area contributed by atoms with Gasteiger partial charge in [0.25, 0.3) is 6.47 Å². The quantitative estimate of drug-likeness (QED) is 0.764. The van der Waals surface area contributed by atoms with Crippen molar-refractivity contribution in [2.75, 3.05) is 20.1 Å². The van der Waals surface area contributed by atoms with Crippen molar-refractivity contribution in [2.45, 2.75) is 12.5 Å². The normalized spacial score (nSPS) is 15.3. The molecule has 0 saturated heterocycles. The van der Waals surface area contributed by atoms with E-state index < -0.39 is 0 Å². The van der Waals surface area contributed by atoms with Crippen molar-refractivity contribution in [3.8, 4) is 0 Å². The maximum absolute atomic E-state index is 11.5. The van der Waals surface area contributed by atoms with Crippen LogP contribution in [0.1, 0.15) is 22.8 Å². The molecule has 0 aliphatic heterocycles. The van der Waals surface area contributed by atoms with Gasteiger partial charge in [-0.15, -0.1) is 0 Å². The van der Waals surface area contributed by atoms with E-state index in [-0.39, 0.29) is 12.0 Å². The molecule has 0 aromatic heterocycles. The van der Waals surface area contributed by atoms with E-state index >= 15 is 0 Å². The molecule has 2 aromatic rings. The fourth-order valence-electron chi connectivity index (χ4n) is 3.15. The van der Waals surface area contributed by atoms with Crippen molar-refractivity contribution >= 4 is 29.2 Å². The van der Waals surface area contributed by atoms with Gasteiger partial charge in [-0.25, -0.2) is 0 Å². The van der Waals surface area contributed by atoms with Crippen molar-refractivity contribution in [3.63, 3.8) is 0 Å². The molecule has 1 atom stereocenters. The summed E-state index contributed by atoms with van der Waals surface area (Å²) in [4.78, 5) is 22.3. The predicted octanol–water partition coefficient (Wildman–Crippen LogP) is 1.96. The molecule has 5 heteroatoms. The molecule has 0 bridgehead atoms. The number of nitrogens with one attached hydrogen (secondary N) is 2. The van der Waals surface area contributed by atoms with Gasteiger partial charge in [-0.1, -0.05) is 36.4 Å². The SMILES string of the molecule is CNCC(=O)NCCc1ccc2cccc3c2c1C=CC3OC=O. The van der Waals surface area contributed by atoms with E-state index in [9.17, 15) is 9.59 Å². The lowest BCUT2D eigenvalue weighted by Crippen LogP contribution is -2.33. The van der Waals surface area contributed by atoms with E-state index in [1.54, 1.807) is 7.05 Å². The molecule has 0 fully saturated rings. The Morgan fingerprint density at radius 3 is 2.96 bits per heavy atom. The summed E-state index contributed by atoms with van der Waals surface area (Å²) in [5, 5.41) is 7.96. The fraction of sp³-hybridized carbons (Fsp3) is 0.263. The lowest BCUT2D eigenvalue weighted by atomic mass is 9.88. The van der Waals surface area contributed by atoms with E-state index in [4.69, 9.17) is 4.74 Å². The average molecular weight is 324 g/mol. The molecule has 0 radical (unpaired) electrons. The highest BCUT2D eigenvalue weighted by Crippen LogP contribution is 2.36. The third-order valence-electron chi connectivity index (χ3n) is 4.21. The number of rotatable bonds is 7. The van der Waals surface area contributed by atoms with E-state index in [2.05, 4.69) is 28.8 Å². The van der Waals surface area contributed by atoms with Crippen LogP contribution < -0.4 is 10.6 Å². The summed E-state index contributed by atoms with van der Waals surface area (Å²) in [5.74, 6) is -0.0115. The van der Waals surface area contributed by atoms with Crippen LogP contribution in [0.5, 0.6) is 0 Å². The average Bonchev–Trinajstić information content (AvgIpc) is 2.59. The molecule has 2 aromatic carbocycles. The number of likely N-dealkylation sites (N-methyl/N-ethyl adjacent to an activating group) is 1. The van der Waals surface area contributed by atoms with Crippen LogP contribution in [-0.4, -0.2) is 32.5 Å². The lowest BCUT2D eigenvalue weighted by Gasteiger charge is -2.22. The Balaban J connectivity index is 1.88. The predicted molar refractivity (Wildman–Crippen MR) is 93.5 cm³/mol. The molecule has 1 aliphatic carbocycles. The van der Waals surface area contributed by atoms with Crippen molar-refractivity contribution in [1.82, 2.24) is 10.6 Å². The van der Waals surface area contributed by atoms with Crippen molar-refractivity contribution < 1.29 is 14.3 Å². The topological polar surface area (TPSA) is 67.4 Å². The number of benzene rings is 2. The molecule has 24 heavy (non-hydrogen) atoms. The van der Waals surface area contributed by atoms with Gasteiger partial charge in [0.05, 0.1) is 6.54 Å². The number of carbonyl (C=O) groups is 2. The monoisotopic (exact) mass is 324 g/mol. The van der Waals surface area contributed by atoms with E-state index in [0.717, 1.165) is 28.3 Å². The fourth-order valence-corrected chi connectivity index (χ4v) is 3.15. The maximum atomic E-state index is 11.5.